The van der Waals surface area contributed by atoms with Crippen LogP contribution in [0.15, 0.2) is 48.8 Å². The molecule has 4 aliphatic rings. The Bertz CT molecular complexity index is 2680. The summed E-state index contributed by atoms with van der Waals surface area (Å²) < 4.78 is 54.2. The van der Waals surface area contributed by atoms with Gasteiger partial charge in [-0.05, 0) is 57.4 Å². The number of fused-ring (bicyclic) bond motifs is 6. The van der Waals surface area contributed by atoms with Gasteiger partial charge in [-0.2, -0.15) is 15.1 Å². The molecule has 1 aliphatic carbocycles. The average molecular weight is 822 g/mol. The summed E-state index contributed by atoms with van der Waals surface area (Å²) in [6.07, 6.45) is 4.91. The number of nitrogens with one attached hydrogen (secondary N) is 1. The van der Waals surface area contributed by atoms with E-state index in [-0.39, 0.29) is 60.7 Å². The summed E-state index contributed by atoms with van der Waals surface area (Å²) in [7, 11) is 1.73. The van der Waals surface area contributed by atoms with Gasteiger partial charge in [0.25, 0.3) is 0 Å². The predicted molar refractivity (Wildman–Crippen MR) is 215 cm³/mol. The number of piperazine rings is 1. The second kappa shape index (κ2) is 14.7. The lowest BCUT2D eigenvalue weighted by Gasteiger charge is -2.35. The maximum Gasteiger partial charge on any atom is 0.245 e. The van der Waals surface area contributed by atoms with Crippen LogP contribution in [0.25, 0.3) is 39.0 Å². The van der Waals surface area contributed by atoms with E-state index in [0.717, 1.165) is 25.0 Å². The molecule has 2 amide bonds. The van der Waals surface area contributed by atoms with Crippen LogP contribution in [-0.4, -0.2) is 131 Å². The van der Waals surface area contributed by atoms with Gasteiger partial charge in [0.1, 0.15) is 41.6 Å². The number of ether oxygens (including phenoxy) is 1. The summed E-state index contributed by atoms with van der Waals surface area (Å²) in [5.74, 6) is -0.784. The molecular weight excluding hydrogens is 780 g/mol. The quantitative estimate of drug-likeness (QED) is 0.257. The van der Waals surface area contributed by atoms with Crippen molar-refractivity contribution < 1.29 is 27.5 Å². The monoisotopic (exact) mass is 821 g/mol. The lowest BCUT2D eigenvalue weighted by atomic mass is 10.1. The van der Waals surface area contributed by atoms with Gasteiger partial charge in [0.2, 0.25) is 23.7 Å². The van der Waals surface area contributed by atoms with Crippen molar-refractivity contribution in [2.75, 3.05) is 61.5 Å². The summed E-state index contributed by atoms with van der Waals surface area (Å²) in [5, 5.41) is 8.37. The predicted octanol–water partition coefficient (Wildman–Crippen LogP) is 4.10. The number of rotatable bonds is 6. The number of hydrogen-bond donors (Lipinski definition) is 1. The first-order chi connectivity index (χ1) is 29.0. The van der Waals surface area contributed by atoms with Crippen molar-refractivity contribution in [2.24, 2.45) is 0 Å². The first kappa shape index (κ1) is 37.9. The summed E-state index contributed by atoms with van der Waals surface area (Å²) in [6, 6.07) is 6.86. The molecule has 3 unspecified atom stereocenters. The third kappa shape index (κ3) is 6.69. The van der Waals surface area contributed by atoms with E-state index in [1.807, 2.05) is 28.2 Å². The van der Waals surface area contributed by atoms with E-state index in [0.29, 0.717) is 72.0 Å². The zero-order valence-electron chi connectivity index (χ0n) is 33.2. The van der Waals surface area contributed by atoms with Gasteiger partial charge in [-0.1, -0.05) is 0 Å². The number of halogens is 3. The fourth-order valence-corrected chi connectivity index (χ4v) is 8.89. The third-order valence-electron chi connectivity index (χ3n) is 11.8. The summed E-state index contributed by atoms with van der Waals surface area (Å²) in [6.45, 7) is 5.91. The SMILES string of the molecule is CCOC1CN(C)C(=O)C2CC(CN2c2nc(N3CCN(C4CC4)C(=O)C3)nc3c2cnn3-c2ccc(F)cc2F)Nc2nccc(n2)-c2cc(F)cc3nc(C)n(c23)C1. The summed E-state index contributed by atoms with van der Waals surface area (Å²) in [5.41, 5.74) is 2.39. The number of amides is 2. The molecule has 2 aromatic carbocycles. The molecule has 60 heavy (non-hydrogen) atoms. The van der Waals surface area contributed by atoms with Crippen molar-refractivity contribution in [3.63, 3.8) is 0 Å². The number of imidazole rings is 1. The summed E-state index contributed by atoms with van der Waals surface area (Å²) >= 11 is 0. The van der Waals surface area contributed by atoms with E-state index in [4.69, 9.17) is 19.7 Å². The molecule has 1 saturated carbocycles. The van der Waals surface area contributed by atoms with Crippen LogP contribution in [0.3, 0.4) is 0 Å². The number of aromatic nitrogens is 8. The molecule has 10 rings (SSSR count). The third-order valence-corrected chi connectivity index (χ3v) is 11.8. The van der Waals surface area contributed by atoms with Gasteiger partial charge in [0, 0.05) is 75.8 Å². The highest BCUT2D eigenvalue weighted by Gasteiger charge is 2.42. The number of hydrogen-bond acceptors (Lipinski definition) is 12. The second-order valence-corrected chi connectivity index (χ2v) is 15.9. The molecule has 6 aromatic rings. The van der Waals surface area contributed by atoms with Crippen LogP contribution in [0.4, 0.5) is 30.9 Å². The largest absolute Gasteiger partial charge is 0.375 e. The van der Waals surface area contributed by atoms with Gasteiger partial charge in [0.15, 0.2) is 11.5 Å². The Morgan fingerprint density at radius 2 is 1.78 bits per heavy atom. The Hall–Kier alpha value is -6.37. The first-order valence-electron chi connectivity index (χ1n) is 20.2. The summed E-state index contributed by atoms with van der Waals surface area (Å²) in [4.78, 5) is 59.5. The van der Waals surface area contributed by atoms with Crippen LogP contribution >= 0.6 is 0 Å². The number of aryl methyl sites for hydroxylation is 1. The average Bonchev–Trinajstić information content (AvgIpc) is 3.72. The van der Waals surface area contributed by atoms with E-state index >= 15 is 8.78 Å². The van der Waals surface area contributed by atoms with Crippen molar-refractivity contribution in [1.82, 2.24) is 49.1 Å². The zero-order valence-corrected chi connectivity index (χ0v) is 33.2. The van der Waals surface area contributed by atoms with Gasteiger partial charge in [0.05, 0.1) is 41.0 Å². The Balaban J connectivity index is 1.09. The molecule has 19 heteroatoms. The fourth-order valence-electron chi connectivity index (χ4n) is 8.89. The Morgan fingerprint density at radius 3 is 2.57 bits per heavy atom. The van der Waals surface area contributed by atoms with Crippen LogP contribution in [0, 0.1) is 24.4 Å². The molecule has 16 nitrogen and oxygen atoms in total. The number of anilines is 3. The van der Waals surface area contributed by atoms with Crippen molar-refractivity contribution in [3.8, 4) is 16.9 Å². The highest BCUT2D eigenvalue weighted by atomic mass is 19.1. The maximum atomic E-state index is 15.4. The molecular formula is C41H42F3N13O3. The number of carbonyl (C=O) groups is 2. The lowest BCUT2D eigenvalue weighted by molar-refractivity contribution is -0.133. The molecule has 2 saturated heterocycles. The van der Waals surface area contributed by atoms with Crippen molar-refractivity contribution in [1.29, 1.82) is 0 Å². The molecule has 3 fully saturated rings. The van der Waals surface area contributed by atoms with E-state index in [2.05, 4.69) is 20.4 Å². The molecule has 0 spiro atoms. The van der Waals surface area contributed by atoms with Gasteiger partial charge >= 0.3 is 0 Å². The second-order valence-electron chi connectivity index (χ2n) is 15.9. The molecule has 4 bridgehead atoms. The van der Waals surface area contributed by atoms with E-state index in [1.54, 1.807) is 29.1 Å². The lowest BCUT2D eigenvalue weighted by Crippen LogP contribution is -2.52. The highest BCUT2D eigenvalue weighted by molar-refractivity contribution is 5.95. The normalized spacial score (nSPS) is 21.2. The van der Waals surface area contributed by atoms with Crippen LogP contribution in [0.2, 0.25) is 0 Å². The van der Waals surface area contributed by atoms with Crippen molar-refractivity contribution in [2.45, 2.75) is 63.9 Å². The highest BCUT2D eigenvalue weighted by Crippen LogP contribution is 2.37. The molecule has 7 heterocycles. The molecule has 4 aromatic heterocycles. The topological polar surface area (TPSA) is 156 Å². The van der Waals surface area contributed by atoms with Gasteiger partial charge in [-0.15, -0.1) is 0 Å². The van der Waals surface area contributed by atoms with Crippen molar-refractivity contribution in [3.05, 3.63) is 72.1 Å². The van der Waals surface area contributed by atoms with Crippen molar-refractivity contribution >= 4 is 51.6 Å². The van der Waals surface area contributed by atoms with Crippen LogP contribution in [0.5, 0.6) is 0 Å². The van der Waals surface area contributed by atoms with E-state index < -0.39 is 35.6 Å². The van der Waals surface area contributed by atoms with Crippen LogP contribution in [-0.2, 0) is 20.9 Å². The van der Waals surface area contributed by atoms with Gasteiger partial charge in [-0.25, -0.2) is 32.8 Å². The maximum absolute atomic E-state index is 15.4. The minimum atomic E-state index is -0.841. The standard InChI is InChI=1S/C41H42F3N13O3/c1-4-60-27-19-52(3)39(59)34-16-25(48-40-45-10-9-31(49-40)28-13-24(43)15-32-36(28)55(20-27)22(2)47-32)18-56(34)37-29-17-46-57(33-8-5-23(42)14-30(33)44)38(29)51-41(50-37)53-11-12-54(26-6-7-26)35(58)21-53/h5,8-10,13-15,17,25-27,34H,4,6-7,11-12,16,18-21H2,1-3H3,(H,45,48,49). The number of carbonyl (C=O) groups excluding carboxylic acids is 2. The zero-order chi connectivity index (χ0) is 41.4. The number of benzene rings is 2. The minimum Gasteiger partial charge on any atom is -0.375 e. The van der Waals surface area contributed by atoms with Gasteiger partial charge < -0.3 is 34.2 Å². The Kier molecular flexibility index (Phi) is 9.29. The number of nitrogens with zero attached hydrogens (tertiary/aromatic N) is 12. The molecule has 310 valence electrons. The van der Waals surface area contributed by atoms with Gasteiger partial charge in [-0.3, -0.25) is 9.59 Å². The van der Waals surface area contributed by atoms with E-state index in [1.165, 1.54) is 29.1 Å². The minimum absolute atomic E-state index is 0.0303. The molecule has 1 N–H and O–H groups in total. The van der Waals surface area contributed by atoms with E-state index in [9.17, 15) is 14.0 Å². The molecule has 0 radical (unpaired) electrons. The molecule has 3 atom stereocenters. The smallest absolute Gasteiger partial charge is 0.245 e. The number of likely N-dealkylation sites (N-methyl/N-ethyl adjacent to an activating group) is 1. The fraction of sp³-hybridized carbons (Fsp3) is 0.415. The van der Waals surface area contributed by atoms with Crippen LogP contribution in [0.1, 0.15) is 32.0 Å². The Labute approximate surface area is 342 Å². The first-order valence-corrected chi connectivity index (χ1v) is 20.2. The van der Waals surface area contributed by atoms with Crippen LogP contribution < -0.4 is 15.1 Å². The molecule has 3 aliphatic heterocycles. The Morgan fingerprint density at radius 1 is 0.933 bits per heavy atom.